The third-order valence-electron chi connectivity index (χ3n) is 3.48. The van der Waals surface area contributed by atoms with Crippen molar-refractivity contribution in [2.24, 2.45) is 0 Å². The summed E-state index contributed by atoms with van der Waals surface area (Å²) in [5.74, 6) is 0.731. The first-order valence-electron chi connectivity index (χ1n) is 6.65. The standard InChI is InChI=1S/C16H10N2O4/c19-14-10-2-1-5-17-15(10)18-16(20)11(14)6-9-3-4-12-13(7-9)22-8-21-12/h1-7H,8H2,(H,17,18,20)/b11-6-. The van der Waals surface area contributed by atoms with Crippen LogP contribution in [0.1, 0.15) is 15.9 Å². The van der Waals surface area contributed by atoms with Crippen LogP contribution in [0.3, 0.4) is 0 Å². The number of hydrogen-bond acceptors (Lipinski definition) is 5. The maximum Gasteiger partial charge on any atom is 0.260 e. The molecule has 0 radical (unpaired) electrons. The van der Waals surface area contributed by atoms with Crippen molar-refractivity contribution in [3.63, 3.8) is 0 Å². The highest BCUT2D eigenvalue weighted by Gasteiger charge is 2.29. The molecule has 1 aromatic heterocycles. The van der Waals surface area contributed by atoms with E-state index in [1.54, 1.807) is 30.3 Å². The second kappa shape index (κ2) is 4.70. The van der Waals surface area contributed by atoms with Crippen LogP contribution in [-0.4, -0.2) is 23.5 Å². The number of Topliss-reactive ketones (excluding diaryl/α,β-unsaturated/α-hetero) is 1. The lowest BCUT2D eigenvalue weighted by Crippen LogP contribution is -2.28. The Kier molecular flexibility index (Phi) is 2.69. The van der Waals surface area contributed by atoms with Gasteiger partial charge >= 0.3 is 0 Å². The van der Waals surface area contributed by atoms with E-state index in [9.17, 15) is 9.59 Å². The molecule has 0 saturated heterocycles. The van der Waals surface area contributed by atoms with Gasteiger partial charge in [-0.2, -0.15) is 0 Å². The van der Waals surface area contributed by atoms with Crippen molar-refractivity contribution in [1.29, 1.82) is 0 Å². The number of aromatic nitrogens is 1. The molecule has 1 amide bonds. The molecular formula is C16H10N2O4. The Labute approximate surface area is 125 Å². The number of anilines is 1. The number of ketones is 1. The van der Waals surface area contributed by atoms with E-state index in [2.05, 4.69) is 10.3 Å². The molecule has 0 atom stereocenters. The molecule has 1 N–H and O–H groups in total. The van der Waals surface area contributed by atoms with Crippen molar-refractivity contribution in [3.05, 3.63) is 53.2 Å². The fourth-order valence-corrected chi connectivity index (χ4v) is 2.41. The topological polar surface area (TPSA) is 77.5 Å². The summed E-state index contributed by atoms with van der Waals surface area (Å²) in [7, 11) is 0. The molecule has 3 heterocycles. The third-order valence-corrected chi connectivity index (χ3v) is 3.48. The number of benzene rings is 1. The minimum atomic E-state index is -0.464. The average molecular weight is 294 g/mol. The van der Waals surface area contributed by atoms with Crippen molar-refractivity contribution in [1.82, 2.24) is 4.98 Å². The highest BCUT2D eigenvalue weighted by molar-refractivity contribution is 6.35. The molecular weight excluding hydrogens is 284 g/mol. The van der Waals surface area contributed by atoms with Crippen LogP contribution in [0.25, 0.3) is 6.08 Å². The highest BCUT2D eigenvalue weighted by Crippen LogP contribution is 2.33. The van der Waals surface area contributed by atoms with Gasteiger partial charge in [-0.3, -0.25) is 9.59 Å². The van der Waals surface area contributed by atoms with Crippen molar-refractivity contribution in [2.75, 3.05) is 12.1 Å². The van der Waals surface area contributed by atoms with Crippen LogP contribution in [0, 0.1) is 0 Å². The van der Waals surface area contributed by atoms with Gasteiger partial charge in [0.05, 0.1) is 11.1 Å². The fourth-order valence-electron chi connectivity index (χ4n) is 2.41. The van der Waals surface area contributed by atoms with E-state index in [4.69, 9.17) is 9.47 Å². The first-order valence-corrected chi connectivity index (χ1v) is 6.65. The number of hydrogen-bond donors (Lipinski definition) is 1. The smallest absolute Gasteiger partial charge is 0.260 e. The van der Waals surface area contributed by atoms with Crippen molar-refractivity contribution in [3.8, 4) is 11.5 Å². The maximum absolute atomic E-state index is 12.4. The van der Waals surface area contributed by atoms with E-state index in [-0.39, 0.29) is 18.1 Å². The lowest BCUT2D eigenvalue weighted by Gasteiger charge is -2.16. The monoisotopic (exact) mass is 294 g/mol. The molecule has 0 fully saturated rings. The normalized spacial score (nSPS) is 17.4. The summed E-state index contributed by atoms with van der Waals surface area (Å²) in [4.78, 5) is 28.5. The Balaban J connectivity index is 1.76. The van der Waals surface area contributed by atoms with Gasteiger partial charge in [0.15, 0.2) is 11.5 Å². The highest BCUT2D eigenvalue weighted by atomic mass is 16.7. The Morgan fingerprint density at radius 3 is 2.91 bits per heavy atom. The molecule has 0 spiro atoms. The molecule has 2 aliphatic rings. The quantitative estimate of drug-likeness (QED) is 0.643. The van der Waals surface area contributed by atoms with E-state index >= 15 is 0 Å². The van der Waals surface area contributed by atoms with Gasteiger partial charge in [0, 0.05) is 6.20 Å². The van der Waals surface area contributed by atoms with Gasteiger partial charge in [-0.05, 0) is 35.9 Å². The number of carbonyl (C=O) groups excluding carboxylic acids is 2. The molecule has 22 heavy (non-hydrogen) atoms. The largest absolute Gasteiger partial charge is 0.454 e. The Bertz CT molecular complexity index is 842. The first kappa shape index (κ1) is 12.6. The Morgan fingerprint density at radius 2 is 2.00 bits per heavy atom. The number of pyridine rings is 1. The van der Waals surface area contributed by atoms with Crippen molar-refractivity contribution >= 4 is 23.6 Å². The van der Waals surface area contributed by atoms with Gasteiger partial charge in [-0.15, -0.1) is 0 Å². The second-order valence-corrected chi connectivity index (χ2v) is 4.85. The summed E-state index contributed by atoms with van der Waals surface area (Å²) in [6.07, 6.45) is 3.06. The van der Waals surface area contributed by atoms with Crippen LogP contribution >= 0.6 is 0 Å². The van der Waals surface area contributed by atoms with Gasteiger partial charge in [-0.25, -0.2) is 4.98 Å². The number of nitrogens with zero attached hydrogens (tertiary/aromatic N) is 1. The number of fused-ring (bicyclic) bond motifs is 2. The lowest BCUT2D eigenvalue weighted by molar-refractivity contribution is -0.112. The first-order chi connectivity index (χ1) is 10.7. The Hall–Kier alpha value is -3.15. The summed E-state index contributed by atoms with van der Waals surface area (Å²) >= 11 is 0. The van der Waals surface area contributed by atoms with Crippen LogP contribution in [0.15, 0.2) is 42.1 Å². The van der Waals surface area contributed by atoms with Crippen LogP contribution < -0.4 is 14.8 Å². The second-order valence-electron chi connectivity index (χ2n) is 4.85. The molecule has 1 aromatic carbocycles. The molecule has 0 bridgehead atoms. The average Bonchev–Trinajstić information content (AvgIpc) is 2.99. The SMILES string of the molecule is O=C1Nc2ncccc2C(=O)/C1=C/c1ccc2c(c1)OCO2. The molecule has 108 valence electrons. The van der Waals surface area contributed by atoms with Crippen LogP contribution in [0.5, 0.6) is 11.5 Å². The van der Waals surface area contributed by atoms with Crippen LogP contribution in [-0.2, 0) is 4.79 Å². The lowest BCUT2D eigenvalue weighted by atomic mass is 9.97. The molecule has 2 aliphatic heterocycles. The zero-order valence-electron chi connectivity index (χ0n) is 11.3. The van der Waals surface area contributed by atoms with Gasteiger partial charge in [-0.1, -0.05) is 6.07 Å². The zero-order chi connectivity index (χ0) is 15.1. The molecule has 4 rings (SSSR count). The van der Waals surface area contributed by atoms with Gasteiger partial charge in [0.1, 0.15) is 5.82 Å². The van der Waals surface area contributed by atoms with Crippen LogP contribution in [0.4, 0.5) is 5.82 Å². The molecule has 0 saturated carbocycles. The number of amides is 1. The van der Waals surface area contributed by atoms with Crippen molar-refractivity contribution in [2.45, 2.75) is 0 Å². The van der Waals surface area contributed by atoms with Gasteiger partial charge < -0.3 is 14.8 Å². The van der Waals surface area contributed by atoms with Gasteiger partial charge in [0.25, 0.3) is 5.91 Å². The maximum atomic E-state index is 12.4. The summed E-state index contributed by atoms with van der Waals surface area (Å²) in [5.41, 5.74) is 1.14. The number of carbonyl (C=O) groups is 2. The van der Waals surface area contributed by atoms with Crippen LogP contribution in [0.2, 0.25) is 0 Å². The summed E-state index contributed by atoms with van der Waals surface area (Å²) in [6, 6.07) is 8.54. The summed E-state index contributed by atoms with van der Waals surface area (Å²) in [5, 5.41) is 2.62. The minimum absolute atomic E-state index is 0.0689. The van der Waals surface area contributed by atoms with E-state index in [1.165, 1.54) is 12.3 Å². The molecule has 0 aliphatic carbocycles. The molecule has 6 nitrogen and oxygen atoms in total. The summed E-state index contributed by atoms with van der Waals surface area (Å²) in [6.45, 7) is 0.174. The molecule has 2 aromatic rings. The van der Waals surface area contributed by atoms with Crippen molar-refractivity contribution < 1.29 is 19.1 Å². The minimum Gasteiger partial charge on any atom is -0.454 e. The van der Waals surface area contributed by atoms with E-state index < -0.39 is 5.91 Å². The zero-order valence-corrected chi connectivity index (χ0v) is 11.3. The predicted molar refractivity (Wildman–Crippen MR) is 77.7 cm³/mol. The van der Waals surface area contributed by atoms with E-state index in [1.807, 2.05) is 0 Å². The number of nitrogens with one attached hydrogen (secondary N) is 1. The Morgan fingerprint density at radius 1 is 1.14 bits per heavy atom. The summed E-state index contributed by atoms with van der Waals surface area (Å²) < 4.78 is 10.5. The van der Waals surface area contributed by atoms with E-state index in [0.717, 1.165) is 0 Å². The van der Waals surface area contributed by atoms with E-state index in [0.29, 0.717) is 28.4 Å². The number of ether oxygens (including phenoxy) is 2. The molecule has 6 heteroatoms. The fraction of sp³-hybridized carbons (Fsp3) is 0.0625. The predicted octanol–water partition coefficient (Wildman–Crippen LogP) is 2.03. The van der Waals surface area contributed by atoms with Gasteiger partial charge in [0.2, 0.25) is 12.6 Å². The molecule has 0 unspecified atom stereocenters. The third kappa shape index (κ3) is 1.93. The number of rotatable bonds is 1.